The fraction of sp³-hybridized carbons (Fsp3) is 0.667. The maximum absolute atomic E-state index is 13.2. The van der Waals surface area contributed by atoms with Crippen molar-refractivity contribution in [2.75, 3.05) is 0 Å². The maximum Gasteiger partial charge on any atom is 0.309 e. The van der Waals surface area contributed by atoms with Crippen LogP contribution < -0.4 is 0 Å². The number of thiazole rings is 1. The highest BCUT2D eigenvalue weighted by atomic mass is 32.1. The first-order valence-corrected chi connectivity index (χ1v) is 13.2. The van der Waals surface area contributed by atoms with Gasteiger partial charge in [0, 0.05) is 11.3 Å². The number of cyclic esters (lactones) is 1. The van der Waals surface area contributed by atoms with Gasteiger partial charge < -0.3 is 20.1 Å². The first-order valence-electron chi connectivity index (χ1n) is 12.3. The lowest BCUT2D eigenvalue weighted by molar-refractivity contribution is -0.157. The summed E-state index contributed by atoms with van der Waals surface area (Å²) in [5, 5.41) is 35.4. The number of nitrogens with zero attached hydrogens (tertiary/aromatic N) is 1. The van der Waals surface area contributed by atoms with Crippen molar-refractivity contribution in [1.82, 2.24) is 4.98 Å². The third-order valence-corrected chi connectivity index (χ3v) is 7.84. The van der Waals surface area contributed by atoms with Crippen LogP contribution >= 0.6 is 11.3 Å². The van der Waals surface area contributed by atoms with Crippen LogP contribution in [-0.2, 0) is 14.3 Å². The number of Topliss-reactive ketones (excluding diaryl/α,β-unsaturated/α-hetero) is 1. The summed E-state index contributed by atoms with van der Waals surface area (Å²) in [6, 6.07) is 0. The molecule has 2 heterocycles. The van der Waals surface area contributed by atoms with Gasteiger partial charge in [0.2, 0.25) is 0 Å². The van der Waals surface area contributed by atoms with E-state index < -0.39 is 48.1 Å². The van der Waals surface area contributed by atoms with Crippen molar-refractivity contribution in [3.05, 3.63) is 33.3 Å². The molecule has 0 amide bonds. The fourth-order valence-electron chi connectivity index (χ4n) is 4.53. The van der Waals surface area contributed by atoms with Crippen molar-refractivity contribution in [2.45, 2.75) is 98.6 Å². The molecule has 3 N–H and O–H groups in total. The number of carbonyl (C=O) groups is 2. The summed E-state index contributed by atoms with van der Waals surface area (Å²) in [6.45, 7) is 12.3. The average Bonchev–Trinajstić information content (AvgIpc) is 3.19. The Bertz CT molecular complexity index is 949. The van der Waals surface area contributed by atoms with Crippen molar-refractivity contribution in [3.63, 3.8) is 0 Å². The molecule has 7 nitrogen and oxygen atoms in total. The number of ether oxygens (including phenoxy) is 1. The van der Waals surface area contributed by atoms with E-state index in [1.165, 1.54) is 11.3 Å². The van der Waals surface area contributed by atoms with Crippen molar-refractivity contribution < 1.29 is 29.6 Å². The van der Waals surface area contributed by atoms with Crippen LogP contribution in [-0.4, -0.2) is 56.5 Å². The number of aromatic nitrogens is 1. The topological polar surface area (TPSA) is 117 Å². The van der Waals surface area contributed by atoms with Gasteiger partial charge in [-0.3, -0.25) is 9.59 Å². The van der Waals surface area contributed by atoms with Crippen molar-refractivity contribution >= 4 is 29.2 Å². The van der Waals surface area contributed by atoms with E-state index in [0.29, 0.717) is 18.4 Å². The van der Waals surface area contributed by atoms with Gasteiger partial charge in [0.1, 0.15) is 11.9 Å². The van der Waals surface area contributed by atoms with Crippen molar-refractivity contribution in [1.29, 1.82) is 0 Å². The number of hydrogen-bond acceptors (Lipinski definition) is 8. The minimum atomic E-state index is -1.30. The van der Waals surface area contributed by atoms with Crippen LogP contribution in [0.5, 0.6) is 0 Å². The highest BCUT2D eigenvalue weighted by Crippen LogP contribution is 2.32. The highest BCUT2D eigenvalue weighted by molar-refractivity contribution is 7.09. The van der Waals surface area contributed by atoms with Crippen molar-refractivity contribution in [3.8, 4) is 0 Å². The number of aliphatic hydroxyl groups excluding tert-OH is 3. The van der Waals surface area contributed by atoms with Gasteiger partial charge in [-0.2, -0.15) is 0 Å². The molecule has 6 unspecified atom stereocenters. The Labute approximate surface area is 212 Å². The number of aliphatic hydroxyl groups is 3. The number of allylic oxidation sites excluding steroid dienone is 1. The molecule has 0 saturated carbocycles. The van der Waals surface area contributed by atoms with Gasteiger partial charge in [0.05, 0.1) is 34.7 Å². The lowest BCUT2D eigenvalue weighted by atomic mass is 9.73. The Morgan fingerprint density at radius 2 is 1.86 bits per heavy atom. The predicted octanol–water partition coefficient (Wildman–Crippen LogP) is 4.24. The van der Waals surface area contributed by atoms with Gasteiger partial charge in [0.25, 0.3) is 0 Å². The highest BCUT2D eigenvalue weighted by Gasteiger charge is 2.42. The molecule has 196 valence electrons. The summed E-state index contributed by atoms with van der Waals surface area (Å²) in [7, 11) is 0. The van der Waals surface area contributed by atoms with Crippen LogP contribution in [0.3, 0.4) is 0 Å². The molecule has 1 aromatic heterocycles. The fourth-order valence-corrected chi connectivity index (χ4v) is 5.10. The molecule has 2 rings (SSSR count). The molecule has 0 fully saturated rings. The molecule has 0 saturated heterocycles. The quantitative estimate of drug-likeness (QED) is 0.405. The zero-order chi connectivity index (χ0) is 26.5. The second-order valence-corrected chi connectivity index (χ2v) is 11.6. The lowest BCUT2D eigenvalue weighted by Gasteiger charge is -2.34. The van der Waals surface area contributed by atoms with E-state index in [1.807, 2.05) is 26.2 Å². The number of ketones is 1. The number of aryl methyl sites for hydroxylation is 1. The molecular formula is C27H41NO6S. The number of esters is 1. The van der Waals surface area contributed by atoms with Gasteiger partial charge in [-0.25, -0.2) is 4.98 Å². The minimum Gasteiger partial charge on any atom is -0.455 e. The first-order chi connectivity index (χ1) is 16.2. The average molecular weight is 508 g/mol. The summed E-state index contributed by atoms with van der Waals surface area (Å²) in [6.07, 6.45) is 1.05. The second kappa shape index (κ2) is 12.4. The minimum absolute atomic E-state index is 0.114. The molecule has 8 heteroatoms. The summed E-state index contributed by atoms with van der Waals surface area (Å²) in [5.41, 5.74) is 1.02. The van der Waals surface area contributed by atoms with Crippen molar-refractivity contribution in [2.24, 2.45) is 17.3 Å². The monoisotopic (exact) mass is 507 g/mol. The Morgan fingerprint density at radius 3 is 2.46 bits per heavy atom. The summed E-state index contributed by atoms with van der Waals surface area (Å²) in [5.74, 6) is -1.82. The van der Waals surface area contributed by atoms with E-state index in [9.17, 15) is 24.9 Å². The molecule has 1 aliphatic heterocycles. The number of carbonyl (C=O) groups excluding carboxylic acids is 2. The predicted molar refractivity (Wildman–Crippen MR) is 138 cm³/mol. The number of hydrogen-bond donors (Lipinski definition) is 3. The first kappa shape index (κ1) is 29.4. The summed E-state index contributed by atoms with van der Waals surface area (Å²) >= 11 is 1.50. The summed E-state index contributed by atoms with van der Waals surface area (Å²) < 4.78 is 5.67. The van der Waals surface area contributed by atoms with Gasteiger partial charge in [0.15, 0.2) is 6.10 Å². The molecule has 0 aromatic carbocycles. The van der Waals surface area contributed by atoms with E-state index >= 15 is 0 Å². The normalized spacial score (nSPS) is 32.2. The van der Waals surface area contributed by atoms with Crippen LogP contribution in [0.1, 0.15) is 77.9 Å². The Hall–Kier alpha value is -1.87. The molecule has 1 aromatic rings. The SMILES string of the molecule is CC1=CC(O)C(C(C)=Cc2csc(C)n2)OC(=O)CC(O)C(C)(C)C(=O)C(C)C(O)C(C)CCC1. The summed E-state index contributed by atoms with van der Waals surface area (Å²) in [4.78, 5) is 30.5. The Morgan fingerprint density at radius 1 is 1.20 bits per heavy atom. The third-order valence-electron chi connectivity index (χ3n) is 7.05. The molecule has 35 heavy (non-hydrogen) atoms. The second-order valence-electron chi connectivity index (χ2n) is 10.5. The zero-order valence-electron chi connectivity index (χ0n) is 21.9. The molecule has 6 atom stereocenters. The Balaban J connectivity index is 2.40. The molecule has 0 aliphatic carbocycles. The van der Waals surface area contributed by atoms with E-state index in [1.54, 1.807) is 39.8 Å². The van der Waals surface area contributed by atoms with Gasteiger partial charge in [-0.15, -0.1) is 11.3 Å². The van der Waals surface area contributed by atoms with Gasteiger partial charge in [-0.05, 0) is 57.6 Å². The van der Waals surface area contributed by atoms with Crippen LogP contribution in [0.2, 0.25) is 0 Å². The van der Waals surface area contributed by atoms with Crippen LogP contribution in [0.4, 0.5) is 0 Å². The molecule has 0 spiro atoms. The molecule has 0 bridgehead atoms. The van der Waals surface area contributed by atoms with E-state index in [4.69, 9.17) is 4.74 Å². The van der Waals surface area contributed by atoms with Crippen LogP contribution in [0.25, 0.3) is 6.08 Å². The van der Waals surface area contributed by atoms with E-state index in [0.717, 1.165) is 22.7 Å². The molecule has 1 aliphatic rings. The molecule has 0 radical (unpaired) electrons. The maximum atomic E-state index is 13.2. The van der Waals surface area contributed by atoms with E-state index in [2.05, 4.69) is 4.98 Å². The standard InChI is InChI=1S/C27H41NO6S/c1-15-9-8-10-16(2)24(32)18(4)26(33)27(6,7)22(30)13-23(31)34-25(21(29)11-15)17(3)12-20-14-35-19(5)28-20/h11-12,14,16,18,21-22,24-25,29-30,32H,8-10,13H2,1-7H3. The van der Waals surface area contributed by atoms with Crippen LogP contribution in [0, 0.1) is 24.2 Å². The number of rotatable bonds is 2. The smallest absolute Gasteiger partial charge is 0.309 e. The third kappa shape index (κ3) is 7.81. The molecular weight excluding hydrogens is 466 g/mol. The zero-order valence-corrected chi connectivity index (χ0v) is 22.8. The lowest BCUT2D eigenvalue weighted by Crippen LogP contribution is -2.46. The van der Waals surface area contributed by atoms with Gasteiger partial charge in [-0.1, -0.05) is 39.3 Å². The largest absolute Gasteiger partial charge is 0.455 e. The Kier molecular flexibility index (Phi) is 10.4. The van der Waals surface area contributed by atoms with Crippen LogP contribution in [0.15, 0.2) is 22.6 Å². The van der Waals surface area contributed by atoms with Gasteiger partial charge >= 0.3 is 5.97 Å². The van der Waals surface area contributed by atoms with E-state index in [-0.39, 0.29) is 11.7 Å².